The summed E-state index contributed by atoms with van der Waals surface area (Å²) >= 11 is 1.36. The molecule has 4 rings (SSSR count). The van der Waals surface area contributed by atoms with Crippen LogP contribution in [0.4, 0.5) is 9.80 Å². The first-order valence-electron chi connectivity index (χ1n) is 14.1. The number of hydrogen-bond donors (Lipinski definition) is 3. The van der Waals surface area contributed by atoms with Crippen molar-refractivity contribution in [1.29, 1.82) is 0 Å². The Labute approximate surface area is 249 Å². The number of thiazole rings is 1. The summed E-state index contributed by atoms with van der Waals surface area (Å²) in [7, 11) is -2.30. The third kappa shape index (κ3) is 8.82. The van der Waals surface area contributed by atoms with Crippen LogP contribution in [-0.2, 0) is 18.6 Å². The van der Waals surface area contributed by atoms with Crippen LogP contribution >= 0.6 is 18.9 Å². The van der Waals surface area contributed by atoms with Crippen molar-refractivity contribution in [2.24, 2.45) is 0 Å². The van der Waals surface area contributed by atoms with Crippen LogP contribution in [0.1, 0.15) is 30.3 Å². The standard InChI is InChI=1S/C27H39N6O7PS/c1-3-4-18-39-41(37,38)19-21(26(35)40-27(36)33-12-10-28-11-13-33)29-23(34)22-25(32-16-14-31(2)15-17-32)42-24(30-22)20-8-6-5-7-9-20/h5-9,21,28H,3-4,10-19H2,1-2H3,(H,29,34)(H,37,38). The molecule has 2 unspecified atom stereocenters. The number of unbranched alkanes of at least 4 members (excludes halogenated alkanes) is 1. The average molecular weight is 623 g/mol. The van der Waals surface area contributed by atoms with Gasteiger partial charge in [0.1, 0.15) is 16.1 Å². The number of nitrogens with zero attached hydrogens (tertiary/aromatic N) is 4. The number of ether oxygens (including phenoxy) is 1. The quantitative estimate of drug-likeness (QED) is 0.146. The number of likely N-dealkylation sites (N-methyl/N-ethyl adjacent to an activating group) is 1. The van der Waals surface area contributed by atoms with Crippen LogP contribution < -0.4 is 15.5 Å². The highest BCUT2D eigenvalue weighted by Gasteiger charge is 2.36. The van der Waals surface area contributed by atoms with Crippen molar-refractivity contribution in [1.82, 2.24) is 25.4 Å². The van der Waals surface area contributed by atoms with E-state index in [4.69, 9.17) is 9.26 Å². The molecule has 0 radical (unpaired) electrons. The van der Waals surface area contributed by atoms with Crippen molar-refractivity contribution in [3.63, 3.8) is 0 Å². The van der Waals surface area contributed by atoms with E-state index in [0.717, 1.165) is 25.1 Å². The van der Waals surface area contributed by atoms with E-state index >= 15 is 0 Å². The number of amides is 2. The highest BCUT2D eigenvalue weighted by Crippen LogP contribution is 2.43. The van der Waals surface area contributed by atoms with E-state index in [0.29, 0.717) is 55.7 Å². The van der Waals surface area contributed by atoms with E-state index in [1.54, 1.807) is 0 Å². The Hall–Kier alpha value is -2.87. The van der Waals surface area contributed by atoms with Gasteiger partial charge >= 0.3 is 19.7 Å². The van der Waals surface area contributed by atoms with Crippen molar-refractivity contribution in [2.75, 3.05) is 77.1 Å². The van der Waals surface area contributed by atoms with E-state index in [2.05, 4.69) is 25.4 Å². The molecule has 2 aliphatic rings. The molecule has 0 aliphatic carbocycles. The summed E-state index contributed by atoms with van der Waals surface area (Å²) in [6.07, 6.45) is -0.346. The van der Waals surface area contributed by atoms with Crippen LogP contribution in [0.25, 0.3) is 10.6 Å². The van der Waals surface area contributed by atoms with Gasteiger partial charge in [-0.1, -0.05) is 55.0 Å². The Morgan fingerprint density at radius 2 is 1.81 bits per heavy atom. The van der Waals surface area contributed by atoms with Crippen LogP contribution in [0.2, 0.25) is 0 Å². The zero-order valence-electron chi connectivity index (χ0n) is 24.0. The van der Waals surface area contributed by atoms with E-state index in [1.807, 2.05) is 44.3 Å². The fourth-order valence-electron chi connectivity index (χ4n) is 4.50. The Morgan fingerprint density at radius 3 is 2.48 bits per heavy atom. The van der Waals surface area contributed by atoms with Gasteiger partial charge in [0, 0.05) is 57.9 Å². The van der Waals surface area contributed by atoms with Gasteiger partial charge in [-0.05, 0) is 13.5 Å². The number of carbonyl (C=O) groups is 3. The third-order valence-electron chi connectivity index (χ3n) is 6.99. The lowest BCUT2D eigenvalue weighted by Gasteiger charge is -2.33. The number of esters is 1. The molecule has 2 saturated heterocycles. The number of piperazine rings is 2. The van der Waals surface area contributed by atoms with Gasteiger partial charge in [-0.3, -0.25) is 9.36 Å². The maximum Gasteiger partial charge on any atom is 0.417 e. The predicted octanol–water partition coefficient (Wildman–Crippen LogP) is 2.23. The zero-order chi connectivity index (χ0) is 30.1. The molecule has 3 heterocycles. The van der Waals surface area contributed by atoms with Gasteiger partial charge in [0.2, 0.25) is 0 Å². The largest absolute Gasteiger partial charge is 0.417 e. The lowest BCUT2D eigenvalue weighted by atomic mass is 10.2. The van der Waals surface area contributed by atoms with Crippen molar-refractivity contribution in [3.8, 4) is 10.6 Å². The van der Waals surface area contributed by atoms with Crippen LogP contribution in [0.3, 0.4) is 0 Å². The number of benzene rings is 1. The maximum absolute atomic E-state index is 13.7. The molecule has 1 aromatic heterocycles. The first kappa shape index (κ1) is 32.1. The van der Waals surface area contributed by atoms with Gasteiger partial charge in [-0.15, -0.1) is 0 Å². The van der Waals surface area contributed by atoms with E-state index in [-0.39, 0.29) is 12.3 Å². The highest BCUT2D eigenvalue weighted by atomic mass is 32.1. The summed E-state index contributed by atoms with van der Waals surface area (Å²) in [4.78, 5) is 60.4. The Balaban J connectivity index is 1.58. The normalized spacial score (nSPS) is 18.3. The topological polar surface area (TPSA) is 154 Å². The molecular weight excluding hydrogens is 583 g/mol. The smallest absolute Gasteiger partial charge is 0.375 e. The van der Waals surface area contributed by atoms with Gasteiger partial charge in [-0.2, -0.15) is 0 Å². The molecule has 1 aromatic carbocycles. The molecule has 0 spiro atoms. The van der Waals surface area contributed by atoms with Crippen molar-refractivity contribution >= 4 is 41.9 Å². The number of carbonyl (C=O) groups excluding carboxylic acids is 3. The monoisotopic (exact) mass is 622 g/mol. The molecule has 42 heavy (non-hydrogen) atoms. The molecule has 230 valence electrons. The molecule has 3 N–H and O–H groups in total. The minimum Gasteiger partial charge on any atom is -0.375 e. The van der Waals surface area contributed by atoms with Gasteiger partial charge in [-0.25, -0.2) is 14.6 Å². The molecule has 2 atom stereocenters. The number of aromatic nitrogens is 1. The van der Waals surface area contributed by atoms with Crippen molar-refractivity contribution < 1.29 is 33.1 Å². The zero-order valence-corrected chi connectivity index (χ0v) is 25.7. The molecule has 2 aromatic rings. The number of anilines is 1. The van der Waals surface area contributed by atoms with Gasteiger partial charge < -0.3 is 39.5 Å². The summed E-state index contributed by atoms with van der Waals surface area (Å²) in [6, 6.07) is 7.82. The molecule has 2 aliphatic heterocycles. The number of hydrogen-bond acceptors (Lipinski definition) is 11. The Bertz CT molecular complexity index is 1260. The molecule has 2 fully saturated rings. The minimum atomic E-state index is -4.33. The Morgan fingerprint density at radius 1 is 1.12 bits per heavy atom. The van der Waals surface area contributed by atoms with Crippen LogP contribution in [0.5, 0.6) is 0 Å². The lowest BCUT2D eigenvalue weighted by molar-refractivity contribution is -0.140. The first-order chi connectivity index (χ1) is 20.2. The lowest BCUT2D eigenvalue weighted by Crippen LogP contribution is -2.50. The molecular formula is C27H39N6O7PS. The summed E-state index contributed by atoms with van der Waals surface area (Å²) < 4.78 is 23.1. The van der Waals surface area contributed by atoms with E-state index in [9.17, 15) is 23.8 Å². The first-order valence-corrected chi connectivity index (χ1v) is 16.7. The van der Waals surface area contributed by atoms with E-state index < -0.39 is 37.8 Å². The second-order valence-corrected chi connectivity index (χ2v) is 13.2. The number of rotatable bonds is 11. The number of nitrogens with one attached hydrogen (secondary N) is 2. The fraction of sp³-hybridized carbons (Fsp3) is 0.556. The average Bonchev–Trinajstić information content (AvgIpc) is 3.44. The Kier molecular flexibility index (Phi) is 11.5. The molecule has 13 nitrogen and oxygen atoms in total. The summed E-state index contributed by atoms with van der Waals surface area (Å²) in [5.74, 6) is -1.85. The third-order valence-corrected chi connectivity index (χ3v) is 9.57. The van der Waals surface area contributed by atoms with Gasteiger partial charge in [0.05, 0.1) is 12.8 Å². The van der Waals surface area contributed by atoms with Crippen LogP contribution in [-0.4, -0.2) is 116 Å². The molecule has 0 bridgehead atoms. The second kappa shape index (κ2) is 15.0. The summed E-state index contributed by atoms with van der Waals surface area (Å²) in [6.45, 7) is 6.64. The van der Waals surface area contributed by atoms with E-state index in [1.165, 1.54) is 16.2 Å². The summed E-state index contributed by atoms with van der Waals surface area (Å²) in [5, 5.41) is 6.90. The fourth-order valence-corrected chi connectivity index (χ4v) is 6.84. The minimum absolute atomic E-state index is 0.0137. The molecule has 15 heteroatoms. The molecule has 0 saturated carbocycles. The van der Waals surface area contributed by atoms with Crippen LogP contribution in [0, 0.1) is 0 Å². The van der Waals surface area contributed by atoms with Gasteiger partial charge in [0.25, 0.3) is 5.91 Å². The SMILES string of the molecule is CCCCOP(=O)(O)CC(NC(=O)c1nc(-c2ccccc2)sc1N1CCN(C)CC1)C(=O)OC(=O)N1CCNCC1. The maximum atomic E-state index is 13.7. The molecule has 2 amide bonds. The van der Waals surface area contributed by atoms with Crippen molar-refractivity contribution in [3.05, 3.63) is 36.0 Å². The second-order valence-electron chi connectivity index (χ2n) is 10.3. The van der Waals surface area contributed by atoms with Gasteiger partial charge in [0.15, 0.2) is 5.69 Å². The highest BCUT2D eigenvalue weighted by molar-refractivity contribution is 7.52. The van der Waals surface area contributed by atoms with Crippen LogP contribution in [0.15, 0.2) is 30.3 Å². The van der Waals surface area contributed by atoms with Crippen molar-refractivity contribution in [2.45, 2.75) is 25.8 Å². The summed E-state index contributed by atoms with van der Waals surface area (Å²) in [5.41, 5.74) is 0.924. The predicted molar refractivity (Wildman–Crippen MR) is 160 cm³/mol.